The molecule has 1 aliphatic heterocycles. The zero-order valence-corrected chi connectivity index (χ0v) is 16.8. The maximum absolute atomic E-state index is 6.48. The van der Waals surface area contributed by atoms with Gasteiger partial charge in [0.25, 0.3) is 0 Å². The summed E-state index contributed by atoms with van der Waals surface area (Å²) in [4.78, 5) is 4.35. The maximum atomic E-state index is 6.48. The minimum absolute atomic E-state index is 0.178. The summed E-state index contributed by atoms with van der Waals surface area (Å²) in [6.45, 7) is 0. The lowest BCUT2D eigenvalue weighted by Crippen LogP contribution is -2.20. The van der Waals surface area contributed by atoms with Crippen LogP contribution in [0.5, 0.6) is 0 Å². The molecule has 0 saturated heterocycles. The predicted molar refractivity (Wildman–Crippen MR) is 118 cm³/mol. The monoisotopic (exact) mass is 418 g/mol. The second-order valence-electron chi connectivity index (χ2n) is 6.79. The molecule has 0 fully saturated rings. The van der Waals surface area contributed by atoms with Crippen molar-refractivity contribution in [1.29, 1.82) is 0 Å². The average Bonchev–Trinajstić information content (AvgIpc) is 3.23. The number of rotatable bonds is 3. The minimum Gasteiger partial charge on any atom is -0.324 e. The van der Waals surface area contributed by atoms with Crippen LogP contribution >= 0.6 is 23.2 Å². The average molecular weight is 419 g/mol. The van der Waals surface area contributed by atoms with Gasteiger partial charge in [-0.2, -0.15) is 10.1 Å². The minimum atomic E-state index is -0.178. The molecule has 3 aromatic carbocycles. The molecular formula is C23H16Cl2N4. The Hall–Kier alpha value is -3.08. The lowest BCUT2D eigenvalue weighted by Gasteiger charge is -2.25. The van der Waals surface area contributed by atoms with Crippen LogP contribution in [0.3, 0.4) is 0 Å². The van der Waals surface area contributed by atoms with Crippen LogP contribution in [-0.4, -0.2) is 14.8 Å². The molecule has 1 aliphatic rings. The van der Waals surface area contributed by atoms with Gasteiger partial charge in [-0.25, -0.2) is 4.68 Å². The molecule has 142 valence electrons. The van der Waals surface area contributed by atoms with E-state index in [1.54, 1.807) is 6.07 Å². The summed E-state index contributed by atoms with van der Waals surface area (Å²) in [6, 6.07) is 24.1. The Morgan fingerprint density at radius 1 is 0.828 bits per heavy atom. The van der Waals surface area contributed by atoms with Gasteiger partial charge < -0.3 is 5.32 Å². The first-order valence-electron chi connectivity index (χ1n) is 9.18. The van der Waals surface area contributed by atoms with Crippen LogP contribution in [0.15, 0.2) is 85.2 Å². The molecule has 0 aliphatic carbocycles. The van der Waals surface area contributed by atoms with E-state index in [9.17, 15) is 0 Å². The zero-order chi connectivity index (χ0) is 19.8. The van der Waals surface area contributed by atoms with Gasteiger partial charge in [0.15, 0.2) is 0 Å². The van der Waals surface area contributed by atoms with Gasteiger partial charge in [0.1, 0.15) is 12.4 Å². The van der Waals surface area contributed by atoms with E-state index < -0.39 is 0 Å². The standard InChI is InChI=1S/C23H16Cl2N4/c24-18-10-11-19(20(25)12-18)22-13-21(28-23-26-14-27-29(22)23)17-8-6-16(7-9-17)15-4-2-1-3-5-15/h1-14,22H,(H,26,27,28). The van der Waals surface area contributed by atoms with Gasteiger partial charge >= 0.3 is 0 Å². The highest BCUT2D eigenvalue weighted by molar-refractivity contribution is 6.35. The SMILES string of the molecule is Clc1ccc(C2C=C(c3ccc(-c4ccccc4)cc3)Nc3ncnn32)c(Cl)c1. The number of fused-ring (bicyclic) bond motifs is 1. The van der Waals surface area contributed by atoms with E-state index in [1.165, 1.54) is 17.5 Å². The fourth-order valence-electron chi connectivity index (χ4n) is 3.54. The Morgan fingerprint density at radius 3 is 2.31 bits per heavy atom. The third-order valence-electron chi connectivity index (χ3n) is 4.99. The molecule has 1 N–H and O–H groups in total. The summed E-state index contributed by atoms with van der Waals surface area (Å²) in [5.74, 6) is 0.672. The Kier molecular flexibility index (Phi) is 4.58. The Balaban J connectivity index is 1.54. The van der Waals surface area contributed by atoms with Gasteiger partial charge in [0.2, 0.25) is 5.95 Å². The molecule has 0 bridgehead atoms. The highest BCUT2D eigenvalue weighted by Crippen LogP contribution is 2.36. The van der Waals surface area contributed by atoms with Crippen molar-refractivity contribution in [2.24, 2.45) is 0 Å². The van der Waals surface area contributed by atoms with E-state index in [-0.39, 0.29) is 6.04 Å². The highest BCUT2D eigenvalue weighted by Gasteiger charge is 2.25. The normalized spacial score (nSPS) is 15.4. The molecule has 4 aromatic rings. The first kappa shape index (κ1) is 18.0. The van der Waals surface area contributed by atoms with Crippen LogP contribution in [0.2, 0.25) is 10.0 Å². The van der Waals surface area contributed by atoms with Gasteiger partial charge in [-0.05, 0) is 40.5 Å². The predicted octanol–water partition coefficient (Wildman–Crippen LogP) is 6.31. The van der Waals surface area contributed by atoms with Crippen molar-refractivity contribution in [1.82, 2.24) is 14.8 Å². The van der Waals surface area contributed by atoms with Crippen LogP contribution in [0.1, 0.15) is 17.2 Å². The molecular weight excluding hydrogens is 403 g/mol. The molecule has 0 spiro atoms. The van der Waals surface area contributed by atoms with E-state index in [0.717, 1.165) is 16.8 Å². The summed E-state index contributed by atoms with van der Waals surface area (Å²) in [6.07, 6.45) is 3.64. The number of benzene rings is 3. The van der Waals surface area contributed by atoms with Crippen molar-refractivity contribution >= 4 is 34.8 Å². The number of nitrogens with zero attached hydrogens (tertiary/aromatic N) is 3. The van der Waals surface area contributed by atoms with Gasteiger partial charge in [-0.3, -0.25) is 0 Å². The van der Waals surface area contributed by atoms with Crippen molar-refractivity contribution in [2.75, 3.05) is 5.32 Å². The van der Waals surface area contributed by atoms with Crippen molar-refractivity contribution in [2.45, 2.75) is 6.04 Å². The third-order valence-corrected chi connectivity index (χ3v) is 5.55. The van der Waals surface area contributed by atoms with Gasteiger partial charge in [-0.15, -0.1) is 0 Å². The smallest absolute Gasteiger partial charge is 0.226 e. The van der Waals surface area contributed by atoms with Crippen molar-refractivity contribution in [3.63, 3.8) is 0 Å². The Bertz CT molecular complexity index is 1200. The Labute approximate surface area is 178 Å². The summed E-state index contributed by atoms with van der Waals surface area (Å²) >= 11 is 12.6. The number of halogens is 2. The summed E-state index contributed by atoms with van der Waals surface area (Å²) in [5.41, 5.74) is 5.30. The molecule has 0 amide bonds. The second kappa shape index (κ2) is 7.39. The molecule has 1 aromatic heterocycles. The fourth-order valence-corrected chi connectivity index (χ4v) is 4.06. The number of hydrogen-bond acceptors (Lipinski definition) is 3. The largest absolute Gasteiger partial charge is 0.324 e. The van der Waals surface area contributed by atoms with Crippen LogP contribution in [0.25, 0.3) is 16.8 Å². The number of nitrogens with one attached hydrogen (secondary N) is 1. The zero-order valence-electron chi connectivity index (χ0n) is 15.3. The lowest BCUT2D eigenvalue weighted by atomic mass is 9.99. The number of aromatic nitrogens is 3. The first-order chi connectivity index (χ1) is 14.2. The molecule has 0 saturated carbocycles. The van der Waals surface area contributed by atoms with Crippen LogP contribution in [-0.2, 0) is 0 Å². The maximum Gasteiger partial charge on any atom is 0.226 e. The molecule has 1 unspecified atom stereocenters. The lowest BCUT2D eigenvalue weighted by molar-refractivity contribution is 0.612. The molecule has 6 heteroatoms. The number of anilines is 1. The third kappa shape index (κ3) is 3.41. The molecule has 0 radical (unpaired) electrons. The molecule has 2 heterocycles. The molecule has 29 heavy (non-hydrogen) atoms. The Morgan fingerprint density at radius 2 is 1.55 bits per heavy atom. The first-order valence-corrected chi connectivity index (χ1v) is 9.94. The quantitative estimate of drug-likeness (QED) is 0.423. The van der Waals surface area contributed by atoms with E-state index in [2.05, 4.69) is 57.9 Å². The molecule has 5 rings (SSSR count). The number of hydrogen-bond donors (Lipinski definition) is 1. The summed E-state index contributed by atoms with van der Waals surface area (Å²) < 4.78 is 1.82. The summed E-state index contributed by atoms with van der Waals surface area (Å²) in [7, 11) is 0. The second-order valence-corrected chi connectivity index (χ2v) is 7.63. The fraction of sp³-hybridized carbons (Fsp3) is 0.0435. The van der Waals surface area contributed by atoms with Crippen molar-refractivity contribution in [3.8, 4) is 11.1 Å². The van der Waals surface area contributed by atoms with Gasteiger partial charge in [-0.1, -0.05) is 83.9 Å². The van der Waals surface area contributed by atoms with Crippen LogP contribution in [0.4, 0.5) is 5.95 Å². The summed E-state index contributed by atoms with van der Waals surface area (Å²) in [5, 5.41) is 8.93. The van der Waals surface area contributed by atoms with Crippen molar-refractivity contribution < 1.29 is 0 Å². The van der Waals surface area contributed by atoms with Gasteiger partial charge in [0.05, 0.1) is 0 Å². The molecule has 4 nitrogen and oxygen atoms in total. The topological polar surface area (TPSA) is 42.7 Å². The van der Waals surface area contributed by atoms with E-state index >= 15 is 0 Å². The van der Waals surface area contributed by atoms with Crippen molar-refractivity contribution in [3.05, 3.63) is 106 Å². The van der Waals surface area contributed by atoms with E-state index in [1.807, 2.05) is 35.0 Å². The van der Waals surface area contributed by atoms with E-state index in [4.69, 9.17) is 23.2 Å². The molecule has 1 atom stereocenters. The van der Waals surface area contributed by atoms with Crippen LogP contribution < -0.4 is 5.32 Å². The van der Waals surface area contributed by atoms with E-state index in [0.29, 0.717) is 16.0 Å². The number of allylic oxidation sites excluding steroid dienone is 1. The van der Waals surface area contributed by atoms with Gasteiger partial charge in [0, 0.05) is 15.7 Å². The highest BCUT2D eigenvalue weighted by atomic mass is 35.5. The van der Waals surface area contributed by atoms with Crippen LogP contribution in [0, 0.1) is 0 Å².